The van der Waals surface area contributed by atoms with Crippen molar-refractivity contribution in [2.75, 3.05) is 43.9 Å². The van der Waals surface area contributed by atoms with Gasteiger partial charge < -0.3 is 15.4 Å². The Bertz CT molecular complexity index is 426. The van der Waals surface area contributed by atoms with Gasteiger partial charge in [0.2, 0.25) is 0 Å². The van der Waals surface area contributed by atoms with Crippen LogP contribution in [0.15, 0.2) is 18.2 Å². The Morgan fingerprint density at radius 3 is 3.21 bits per heavy atom. The van der Waals surface area contributed by atoms with E-state index in [0.29, 0.717) is 6.04 Å². The van der Waals surface area contributed by atoms with Gasteiger partial charge in [-0.15, -0.1) is 0 Å². The molecule has 3 heterocycles. The van der Waals surface area contributed by atoms with E-state index < -0.39 is 0 Å². The van der Waals surface area contributed by atoms with Gasteiger partial charge in [-0.05, 0) is 31.5 Å². The van der Waals surface area contributed by atoms with Gasteiger partial charge in [0.05, 0.1) is 12.7 Å². The zero-order chi connectivity index (χ0) is 13.1. The molecule has 0 bridgehead atoms. The van der Waals surface area contributed by atoms with Crippen molar-refractivity contribution in [2.24, 2.45) is 0 Å². The summed E-state index contributed by atoms with van der Waals surface area (Å²) in [5, 5.41) is 6.41. The number of aromatic nitrogens is 1. The van der Waals surface area contributed by atoms with E-state index >= 15 is 0 Å². The minimum absolute atomic E-state index is 0.273. The predicted molar refractivity (Wildman–Crippen MR) is 76.6 cm³/mol. The third kappa shape index (κ3) is 2.98. The number of anilines is 2. The summed E-state index contributed by atoms with van der Waals surface area (Å²) in [6.07, 6.45) is 2.89. The Hall–Kier alpha value is -1.33. The standard InChI is InChI=1S/C14H22N4O/c1-15-13-5-2-6-14(17-13)16-8-12-9-18-7-3-4-11(18)10-19-12/h2,5-6,11-12H,3-4,7-10H2,1H3,(H2,15,16,17). The lowest BCUT2D eigenvalue weighted by atomic mass is 10.2. The second-order valence-corrected chi connectivity index (χ2v) is 5.29. The van der Waals surface area contributed by atoms with Crippen LogP contribution in [0, 0.1) is 0 Å². The van der Waals surface area contributed by atoms with Gasteiger partial charge >= 0.3 is 0 Å². The Balaban J connectivity index is 1.51. The van der Waals surface area contributed by atoms with Gasteiger partial charge in [0.15, 0.2) is 0 Å². The minimum atomic E-state index is 0.273. The molecular weight excluding hydrogens is 240 g/mol. The van der Waals surface area contributed by atoms with E-state index in [-0.39, 0.29) is 6.10 Å². The van der Waals surface area contributed by atoms with E-state index in [4.69, 9.17) is 4.74 Å². The second-order valence-electron chi connectivity index (χ2n) is 5.29. The zero-order valence-electron chi connectivity index (χ0n) is 11.4. The molecule has 5 heteroatoms. The Labute approximate surface area is 114 Å². The van der Waals surface area contributed by atoms with E-state index in [1.165, 1.54) is 19.4 Å². The molecule has 0 saturated carbocycles. The van der Waals surface area contributed by atoms with Gasteiger partial charge in [-0.3, -0.25) is 4.90 Å². The Morgan fingerprint density at radius 1 is 1.42 bits per heavy atom. The van der Waals surface area contributed by atoms with Crippen LogP contribution in [-0.4, -0.2) is 55.3 Å². The van der Waals surface area contributed by atoms with Crippen LogP contribution in [0.1, 0.15) is 12.8 Å². The first-order chi connectivity index (χ1) is 9.35. The van der Waals surface area contributed by atoms with Crippen LogP contribution in [0.3, 0.4) is 0 Å². The molecule has 0 amide bonds. The second kappa shape index (κ2) is 5.75. The molecule has 2 fully saturated rings. The number of ether oxygens (including phenoxy) is 1. The maximum Gasteiger partial charge on any atom is 0.128 e. The maximum absolute atomic E-state index is 5.92. The van der Waals surface area contributed by atoms with Crippen LogP contribution in [0.4, 0.5) is 11.6 Å². The molecule has 3 rings (SSSR count). The third-order valence-electron chi connectivity index (χ3n) is 3.98. The van der Waals surface area contributed by atoms with Crippen LogP contribution in [0.25, 0.3) is 0 Å². The molecule has 1 aromatic heterocycles. The molecule has 2 atom stereocenters. The molecule has 2 unspecified atom stereocenters. The van der Waals surface area contributed by atoms with Crippen molar-refractivity contribution in [1.29, 1.82) is 0 Å². The van der Waals surface area contributed by atoms with Crippen molar-refractivity contribution in [1.82, 2.24) is 9.88 Å². The smallest absolute Gasteiger partial charge is 0.128 e. The van der Waals surface area contributed by atoms with Gasteiger partial charge in [-0.25, -0.2) is 4.98 Å². The summed E-state index contributed by atoms with van der Waals surface area (Å²) in [5.74, 6) is 1.79. The van der Waals surface area contributed by atoms with Crippen molar-refractivity contribution in [3.63, 3.8) is 0 Å². The van der Waals surface area contributed by atoms with Crippen molar-refractivity contribution in [3.05, 3.63) is 18.2 Å². The molecule has 19 heavy (non-hydrogen) atoms. The number of nitrogens with one attached hydrogen (secondary N) is 2. The average Bonchev–Trinajstić information content (AvgIpc) is 2.93. The first kappa shape index (κ1) is 12.7. The predicted octanol–water partition coefficient (Wildman–Crippen LogP) is 1.40. The molecule has 5 nitrogen and oxygen atoms in total. The summed E-state index contributed by atoms with van der Waals surface area (Å²) in [6, 6.07) is 6.61. The van der Waals surface area contributed by atoms with E-state index in [9.17, 15) is 0 Å². The van der Waals surface area contributed by atoms with E-state index in [2.05, 4.69) is 20.5 Å². The van der Waals surface area contributed by atoms with Crippen molar-refractivity contribution in [3.8, 4) is 0 Å². The first-order valence-electron chi connectivity index (χ1n) is 7.09. The normalized spacial score (nSPS) is 27.0. The number of hydrogen-bond donors (Lipinski definition) is 2. The number of nitrogens with zero attached hydrogens (tertiary/aromatic N) is 2. The van der Waals surface area contributed by atoms with Gasteiger partial charge in [0, 0.05) is 26.2 Å². The fourth-order valence-corrected chi connectivity index (χ4v) is 2.90. The quantitative estimate of drug-likeness (QED) is 0.859. The summed E-state index contributed by atoms with van der Waals surface area (Å²) in [5.41, 5.74) is 0. The summed E-state index contributed by atoms with van der Waals surface area (Å²) in [7, 11) is 1.88. The molecular formula is C14H22N4O. The first-order valence-corrected chi connectivity index (χ1v) is 7.09. The molecule has 1 aromatic rings. The Morgan fingerprint density at radius 2 is 2.32 bits per heavy atom. The summed E-state index contributed by atoms with van der Waals surface area (Å²) in [4.78, 5) is 7.01. The lowest BCUT2D eigenvalue weighted by Gasteiger charge is -2.35. The van der Waals surface area contributed by atoms with Crippen molar-refractivity contribution in [2.45, 2.75) is 25.0 Å². The molecule has 2 aliphatic heterocycles. The number of fused-ring (bicyclic) bond motifs is 1. The van der Waals surface area contributed by atoms with Crippen LogP contribution in [-0.2, 0) is 4.74 Å². The summed E-state index contributed by atoms with van der Waals surface area (Å²) < 4.78 is 5.92. The van der Waals surface area contributed by atoms with E-state index in [0.717, 1.165) is 31.3 Å². The third-order valence-corrected chi connectivity index (χ3v) is 3.98. The van der Waals surface area contributed by atoms with Gasteiger partial charge in [0.25, 0.3) is 0 Å². The highest BCUT2D eigenvalue weighted by atomic mass is 16.5. The average molecular weight is 262 g/mol. The fraction of sp³-hybridized carbons (Fsp3) is 0.643. The largest absolute Gasteiger partial charge is 0.373 e. The number of rotatable bonds is 4. The summed E-state index contributed by atoms with van der Waals surface area (Å²) in [6.45, 7) is 3.99. The SMILES string of the molecule is CNc1cccc(NCC2CN3CCCC3CO2)n1. The highest BCUT2D eigenvalue weighted by Gasteiger charge is 2.31. The van der Waals surface area contributed by atoms with Crippen molar-refractivity contribution >= 4 is 11.6 Å². The molecule has 2 aliphatic rings. The lowest BCUT2D eigenvalue weighted by Crippen LogP contribution is -2.48. The molecule has 0 aliphatic carbocycles. The molecule has 2 saturated heterocycles. The molecule has 0 spiro atoms. The number of hydrogen-bond acceptors (Lipinski definition) is 5. The molecule has 104 valence electrons. The molecule has 0 aromatic carbocycles. The van der Waals surface area contributed by atoms with E-state index in [1.54, 1.807) is 0 Å². The van der Waals surface area contributed by atoms with Crippen LogP contribution in [0.2, 0.25) is 0 Å². The number of pyridine rings is 1. The lowest BCUT2D eigenvalue weighted by molar-refractivity contribution is -0.0416. The monoisotopic (exact) mass is 262 g/mol. The van der Waals surface area contributed by atoms with Crippen molar-refractivity contribution < 1.29 is 4.74 Å². The van der Waals surface area contributed by atoms with E-state index in [1.807, 2.05) is 25.2 Å². The topological polar surface area (TPSA) is 49.4 Å². The zero-order valence-corrected chi connectivity index (χ0v) is 11.4. The molecule has 2 N–H and O–H groups in total. The number of morpholine rings is 1. The Kier molecular flexibility index (Phi) is 3.84. The fourth-order valence-electron chi connectivity index (χ4n) is 2.90. The minimum Gasteiger partial charge on any atom is -0.373 e. The highest BCUT2D eigenvalue weighted by Crippen LogP contribution is 2.22. The van der Waals surface area contributed by atoms with Gasteiger partial charge in [-0.1, -0.05) is 6.07 Å². The van der Waals surface area contributed by atoms with Gasteiger partial charge in [0.1, 0.15) is 11.6 Å². The maximum atomic E-state index is 5.92. The van der Waals surface area contributed by atoms with Crippen LogP contribution < -0.4 is 10.6 Å². The van der Waals surface area contributed by atoms with Crippen LogP contribution in [0.5, 0.6) is 0 Å². The molecule has 0 radical (unpaired) electrons. The van der Waals surface area contributed by atoms with Crippen LogP contribution >= 0.6 is 0 Å². The summed E-state index contributed by atoms with van der Waals surface area (Å²) >= 11 is 0. The highest BCUT2D eigenvalue weighted by molar-refractivity contribution is 5.44. The van der Waals surface area contributed by atoms with Gasteiger partial charge in [-0.2, -0.15) is 0 Å².